The average molecular weight is 199 g/mol. The van der Waals surface area contributed by atoms with Crippen molar-refractivity contribution in [3.05, 3.63) is 29.8 Å². The summed E-state index contributed by atoms with van der Waals surface area (Å²) in [7, 11) is 0. The van der Waals surface area contributed by atoms with Gasteiger partial charge < -0.3 is 4.74 Å². The molecule has 0 bridgehead atoms. The van der Waals surface area contributed by atoms with Crippen molar-refractivity contribution in [1.29, 1.82) is 0 Å². The van der Waals surface area contributed by atoms with E-state index in [2.05, 4.69) is 0 Å². The van der Waals surface area contributed by atoms with Gasteiger partial charge in [-0.25, -0.2) is 0 Å². The van der Waals surface area contributed by atoms with Crippen LogP contribution in [0.3, 0.4) is 0 Å². The van der Waals surface area contributed by atoms with E-state index in [-0.39, 0.29) is 11.6 Å². The number of ether oxygens (including phenoxy) is 1. The molecule has 0 aromatic heterocycles. The van der Waals surface area contributed by atoms with Gasteiger partial charge in [0.1, 0.15) is 11.6 Å². The summed E-state index contributed by atoms with van der Waals surface area (Å²) in [6.45, 7) is 0. The van der Waals surface area contributed by atoms with Gasteiger partial charge in [0.15, 0.2) is 6.29 Å². The monoisotopic (exact) mass is 198 g/mol. The molecule has 0 radical (unpaired) electrons. The summed E-state index contributed by atoms with van der Waals surface area (Å²) in [6.07, 6.45) is 0.622. The highest BCUT2D eigenvalue weighted by atomic mass is 35.5. The van der Waals surface area contributed by atoms with Crippen molar-refractivity contribution in [2.24, 2.45) is 0 Å². The first-order valence-corrected chi connectivity index (χ1v) is 4.12. The minimum absolute atomic E-state index is 0.229. The lowest BCUT2D eigenvalue weighted by Crippen LogP contribution is -2.10. The zero-order valence-corrected chi connectivity index (χ0v) is 7.45. The topological polar surface area (TPSA) is 43.4 Å². The maximum atomic E-state index is 10.8. The third-order valence-electron chi connectivity index (χ3n) is 1.38. The smallest absolute Gasteiger partial charge is 0.326 e. The van der Waals surface area contributed by atoms with E-state index in [1.165, 1.54) is 6.07 Å². The van der Waals surface area contributed by atoms with Gasteiger partial charge in [-0.3, -0.25) is 9.59 Å². The molecule has 68 valence electrons. The molecule has 0 amide bonds. The lowest BCUT2D eigenvalue weighted by Gasteiger charge is -2.03. The van der Waals surface area contributed by atoms with Crippen LogP contribution in [0, 0.1) is 0 Å². The average Bonchev–Trinajstić information content (AvgIpc) is 2.18. The molecule has 0 saturated heterocycles. The van der Waals surface area contributed by atoms with Crippen molar-refractivity contribution in [2.75, 3.05) is 5.88 Å². The second-order valence-electron chi connectivity index (χ2n) is 2.26. The van der Waals surface area contributed by atoms with Crippen LogP contribution in [-0.4, -0.2) is 18.1 Å². The fourth-order valence-corrected chi connectivity index (χ4v) is 0.875. The van der Waals surface area contributed by atoms with Gasteiger partial charge in [-0.05, 0) is 12.1 Å². The van der Waals surface area contributed by atoms with E-state index in [1.54, 1.807) is 18.2 Å². The number of hydrogen-bond acceptors (Lipinski definition) is 3. The molecule has 0 saturated carbocycles. The summed E-state index contributed by atoms with van der Waals surface area (Å²) in [4.78, 5) is 21.3. The summed E-state index contributed by atoms with van der Waals surface area (Å²) in [5.41, 5.74) is 0.334. The minimum Gasteiger partial charge on any atom is -0.425 e. The first-order chi connectivity index (χ1) is 6.27. The Morgan fingerprint density at radius 1 is 1.46 bits per heavy atom. The van der Waals surface area contributed by atoms with E-state index in [4.69, 9.17) is 16.3 Å². The van der Waals surface area contributed by atoms with Crippen molar-refractivity contribution in [3.8, 4) is 5.75 Å². The van der Waals surface area contributed by atoms with E-state index < -0.39 is 5.97 Å². The predicted molar refractivity (Wildman–Crippen MR) is 48.2 cm³/mol. The molecule has 0 aliphatic carbocycles. The molecule has 1 aromatic rings. The van der Waals surface area contributed by atoms with Crippen LogP contribution in [0.5, 0.6) is 5.75 Å². The zero-order valence-electron chi connectivity index (χ0n) is 6.70. The van der Waals surface area contributed by atoms with E-state index in [0.717, 1.165) is 0 Å². The molecule has 0 aliphatic heterocycles. The van der Waals surface area contributed by atoms with Crippen molar-refractivity contribution in [1.82, 2.24) is 0 Å². The number of para-hydroxylation sites is 1. The summed E-state index contributed by atoms with van der Waals surface area (Å²) < 4.78 is 4.78. The van der Waals surface area contributed by atoms with E-state index in [9.17, 15) is 9.59 Å². The van der Waals surface area contributed by atoms with Crippen molar-refractivity contribution >= 4 is 23.9 Å². The first kappa shape index (κ1) is 9.74. The Morgan fingerprint density at radius 2 is 2.15 bits per heavy atom. The largest absolute Gasteiger partial charge is 0.425 e. The van der Waals surface area contributed by atoms with Crippen LogP contribution in [-0.2, 0) is 4.79 Å². The Balaban J connectivity index is 2.87. The lowest BCUT2D eigenvalue weighted by atomic mass is 10.2. The third kappa shape index (κ3) is 2.56. The molecule has 0 aliphatic rings. The maximum absolute atomic E-state index is 10.8. The van der Waals surface area contributed by atoms with E-state index in [0.29, 0.717) is 11.8 Å². The molecule has 1 rings (SSSR count). The standard InChI is InChI=1S/C9H7ClO3/c10-5-9(12)13-8-4-2-1-3-7(8)6-11/h1-4,6H,5H2. The van der Waals surface area contributed by atoms with Gasteiger partial charge in [0.25, 0.3) is 0 Å². The highest BCUT2D eigenvalue weighted by Crippen LogP contribution is 2.15. The zero-order chi connectivity index (χ0) is 9.68. The summed E-state index contributed by atoms with van der Waals surface area (Å²) in [5, 5.41) is 0. The SMILES string of the molecule is O=Cc1ccccc1OC(=O)CCl. The van der Waals surface area contributed by atoms with Crippen LogP contribution >= 0.6 is 11.6 Å². The number of hydrogen-bond donors (Lipinski definition) is 0. The normalized spacial score (nSPS) is 9.31. The fraction of sp³-hybridized carbons (Fsp3) is 0.111. The van der Waals surface area contributed by atoms with Crippen LogP contribution in [0.2, 0.25) is 0 Å². The molecule has 0 heterocycles. The number of alkyl halides is 1. The molecule has 0 N–H and O–H groups in total. The Morgan fingerprint density at radius 3 is 2.77 bits per heavy atom. The Bertz CT molecular complexity index is 322. The summed E-state index contributed by atoms with van der Waals surface area (Å²) in [5.74, 6) is -0.563. The second-order valence-corrected chi connectivity index (χ2v) is 2.53. The van der Waals surface area contributed by atoms with E-state index in [1.807, 2.05) is 0 Å². The summed E-state index contributed by atoms with van der Waals surface area (Å²) >= 11 is 5.23. The van der Waals surface area contributed by atoms with Crippen LogP contribution in [0.4, 0.5) is 0 Å². The number of esters is 1. The van der Waals surface area contributed by atoms with Gasteiger partial charge >= 0.3 is 5.97 Å². The Hall–Kier alpha value is -1.35. The molecule has 0 fully saturated rings. The van der Waals surface area contributed by atoms with Crippen LogP contribution < -0.4 is 4.74 Å². The molecular formula is C9H7ClO3. The number of carbonyl (C=O) groups excluding carboxylic acids is 2. The number of carbonyl (C=O) groups is 2. The predicted octanol–water partition coefficient (Wildman–Crippen LogP) is 1.64. The number of rotatable bonds is 3. The quantitative estimate of drug-likeness (QED) is 0.321. The molecule has 3 nitrogen and oxygen atoms in total. The maximum Gasteiger partial charge on any atom is 0.326 e. The van der Waals surface area contributed by atoms with Crippen molar-refractivity contribution in [2.45, 2.75) is 0 Å². The van der Waals surface area contributed by atoms with Crippen molar-refractivity contribution in [3.63, 3.8) is 0 Å². The lowest BCUT2D eigenvalue weighted by molar-refractivity contribution is -0.131. The third-order valence-corrected chi connectivity index (χ3v) is 1.60. The Labute approximate surface area is 80.3 Å². The molecular weight excluding hydrogens is 192 g/mol. The fourth-order valence-electron chi connectivity index (χ4n) is 0.821. The molecule has 0 unspecified atom stereocenters. The van der Waals surface area contributed by atoms with Gasteiger partial charge in [0.2, 0.25) is 0 Å². The highest BCUT2D eigenvalue weighted by molar-refractivity contribution is 6.26. The van der Waals surface area contributed by atoms with Gasteiger partial charge in [0.05, 0.1) is 5.56 Å². The molecule has 13 heavy (non-hydrogen) atoms. The molecule has 4 heteroatoms. The molecule has 0 atom stereocenters. The number of benzene rings is 1. The summed E-state index contributed by atoms with van der Waals surface area (Å²) in [6, 6.07) is 6.45. The molecule has 0 spiro atoms. The first-order valence-electron chi connectivity index (χ1n) is 3.58. The van der Waals surface area contributed by atoms with Gasteiger partial charge in [-0.15, -0.1) is 11.6 Å². The minimum atomic E-state index is -0.573. The van der Waals surface area contributed by atoms with Crippen LogP contribution in [0.1, 0.15) is 10.4 Å². The number of halogens is 1. The van der Waals surface area contributed by atoms with Crippen LogP contribution in [0.15, 0.2) is 24.3 Å². The second kappa shape index (κ2) is 4.62. The van der Waals surface area contributed by atoms with E-state index >= 15 is 0 Å². The van der Waals surface area contributed by atoms with Gasteiger partial charge in [0, 0.05) is 0 Å². The van der Waals surface area contributed by atoms with Crippen LogP contribution in [0.25, 0.3) is 0 Å². The Kier molecular flexibility index (Phi) is 3.46. The number of aldehydes is 1. The highest BCUT2D eigenvalue weighted by Gasteiger charge is 2.06. The van der Waals surface area contributed by atoms with Crippen molar-refractivity contribution < 1.29 is 14.3 Å². The van der Waals surface area contributed by atoms with Gasteiger partial charge in [-0.1, -0.05) is 12.1 Å². The molecule has 1 aromatic carbocycles. The van der Waals surface area contributed by atoms with Gasteiger partial charge in [-0.2, -0.15) is 0 Å².